The lowest BCUT2D eigenvalue weighted by molar-refractivity contribution is 0.546. The Labute approximate surface area is 105 Å². The van der Waals surface area contributed by atoms with E-state index in [1.807, 2.05) is 11.8 Å². The van der Waals surface area contributed by atoms with Crippen molar-refractivity contribution in [3.63, 3.8) is 0 Å². The highest BCUT2D eigenvalue weighted by Crippen LogP contribution is 2.23. The predicted molar refractivity (Wildman–Crippen MR) is 69.3 cm³/mol. The molecule has 0 aromatic carbocycles. The molecule has 2 heterocycles. The van der Waals surface area contributed by atoms with Gasteiger partial charge in [-0.25, -0.2) is 18.1 Å². The van der Waals surface area contributed by atoms with Crippen LogP contribution in [0, 0.1) is 5.92 Å². The van der Waals surface area contributed by atoms with Gasteiger partial charge in [0.1, 0.15) is 10.7 Å². The molecule has 0 radical (unpaired) electrons. The average molecular weight is 273 g/mol. The monoisotopic (exact) mass is 273 g/mol. The van der Waals surface area contributed by atoms with Crippen molar-refractivity contribution in [3.8, 4) is 0 Å². The molecular weight excluding hydrogens is 258 g/mol. The molecule has 3 N–H and O–H groups in total. The molecular formula is C10H15N3O2S2. The summed E-state index contributed by atoms with van der Waals surface area (Å²) in [6, 6.07) is 3.03. The van der Waals surface area contributed by atoms with Crippen molar-refractivity contribution in [1.82, 2.24) is 9.71 Å². The molecule has 0 spiro atoms. The molecule has 5 nitrogen and oxygen atoms in total. The normalized spacial score (nSPS) is 20.6. The molecule has 1 atom stereocenters. The molecule has 2 rings (SSSR count). The third-order valence-electron chi connectivity index (χ3n) is 2.68. The third-order valence-corrected chi connectivity index (χ3v) is 5.38. The Morgan fingerprint density at radius 1 is 1.59 bits per heavy atom. The van der Waals surface area contributed by atoms with Gasteiger partial charge in [-0.1, -0.05) is 0 Å². The van der Waals surface area contributed by atoms with Crippen LogP contribution in [0.1, 0.15) is 6.42 Å². The van der Waals surface area contributed by atoms with Crippen LogP contribution in [-0.4, -0.2) is 31.5 Å². The summed E-state index contributed by atoms with van der Waals surface area (Å²) in [6.07, 6.45) is 2.54. The van der Waals surface area contributed by atoms with Gasteiger partial charge in [0.25, 0.3) is 0 Å². The number of nitrogens with zero attached hydrogens (tertiary/aromatic N) is 1. The largest absolute Gasteiger partial charge is 0.383 e. The fourth-order valence-electron chi connectivity index (χ4n) is 1.68. The summed E-state index contributed by atoms with van der Waals surface area (Å²) in [5.41, 5.74) is 5.56. The van der Waals surface area contributed by atoms with Gasteiger partial charge in [-0.3, -0.25) is 0 Å². The van der Waals surface area contributed by atoms with Crippen molar-refractivity contribution < 1.29 is 8.42 Å². The van der Waals surface area contributed by atoms with Gasteiger partial charge < -0.3 is 5.73 Å². The van der Waals surface area contributed by atoms with Crippen LogP contribution >= 0.6 is 11.8 Å². The zero-order valence-corrected chi connectivity index (χ0v) is 10.9. The Kier molecular flexibility index (Phi) is 3.90. The molecule has 7 heteroatoms. The van der Waals surface area contributed by atoms with Crippen molar-refractivity contribution in [3.05, 3.63) is 18.3 Å². The lowest BCUT2D eigenvalue weighted by atomic mass is 10.1. The summed E-state index contributed by atoms with van der Waals surface area (Å²) in [5, 5.41) is 0. The molecule has 1 aromatic rings. The van der Waals surface area contributed by atoms with Gasteiger partial charge in [0.05, 0.1) is 0 Å². The fraction of sp³-hybridized carbons (Fsp3) is 0.500. The average Bonchev–Trinajstić information content (AvgIpc) is 2.80. The van der Waals surface area contributed by atoms with Crippen LogP contribution in [0.15, 0.2) is 23.2 Å². The second-order valence-electron chi connectivity index (χ2n) is 3.97. The Bertz CT molecular complexity index is 484. The number of nitrogens with two attached hydrogens (primary N) is 1. The highest BCUT2D eigenvalue weighted by atomic mass is 32.2. The number of aromatic nitrogens is 1. The van der Waals surface area contributed by atoms with E-state index in [0.717, 1.165) is 17.9 Å². The van der Waals surface area contributed by atoms with Gasteiger partial charge in [0, 0.05) is 12.7 Å². The molecule has 1 aliphatic rings. The molecule has 0 saturated carbocycles. The summed E-state index contributed by atoms with van der Waals surface area (Å²) >= 11 is 1.86. The number of anilines is 1. The summed E-state index contributed by atoms with van der Waals surface area (Å²) < 4.78 is 26.5. The van der Waals surface area contributed by atoms with E-state index in [2.05, 4.69) is 9.71 Å². The van der Waals surface area contributed by atoms with Crippen LogP contribution in [0.2, 0.25) is 0 Å². The number of sulfonamides is 1. The smallest absolute Gasteiger partial charge is 0.244 e. The topological polar surface area (TPSA) is 85.1 Å². The fourth-order valence-corrected chi connectivity index (χ4v) is 4.16. The number of rotatable bonds is 4. The van der Waals surface area contributed by atoms with Gasteiger partial charge in [-0.15, -0.1) is 0 Å². The van der Waals surface area contributed by atoms with Crippen LogP contribution in [0.3, 0.4) is 0 Å². The standard InChI is InChI=1S/C10H15N3O2S2/c11-10-9(2-1-4-12-10)17(14,15)13-6-8-3-5-16-7-8/h1-2,4,8,13H,3,5-7H2,(H2,11,12). The van der Waals surface area contributed by atoms with E-state index in [0.29, 0.717) is 12.5 Å². The highest BCUT2D eigenvalue weighted by Gasteiger charge is 2.21. The van der Waals surface area contributed by atoms with Crippen molar-refractivity contribution in [1.29, 1.82) is 0 Å². The Morgan fingerprint density at radius 2 is 2.41 bits per heavy atom. The van der Waals surface area contributed by atoms with Gasteiger partial charge >= 0.3 is 0 Å². The first kappa shape index (κ1) is 12.7. The lowest BCUT2D eigenvalue weighted by Gasteiger charge is -2.11. The maximum Gasteiger partial charge on any atom is 0.244 e. The molecule has 1 saturated heterocycles. The van der Waals surface area contributed by atoms with E-state index in [1.165, 1.54) is 12.3 Å². The minimum atomic E-state index is -3.53. The SMILES string of the molecule is Nc1ncccc1S(=O)(=O)NCC1CCSC1. The summed E-state index contributed by atoms with van der Waals surface area (Å²) in [5.74, 6) is 2.60. The molecule has 1 aliphatic heterocycles. The van der Waals surface area contributed by atoms with E-state index in [9.17, 15) is 8.42 Å². The Morgan fingerprint density at radius 3 is 3.06 bits per heavy atom. The van der Waals surface area contributed by atoms with Crippen LogP contribution in [0.25, 0.3) is 0 Å². The molecule has 17 heavy (non-hydrogen) atoms. The molecule has 0 amide bonds. The molecule has 1 fully saturated rings. The van der Waals surface area contributed by atoms with E-state index in [1.54, 1.807) is 6.07 Å². The van der Waals surface area contributed by atoms with Crippen LogP contribution in [0.4, 0.5) is 5.82 Å². The van der Waals surface area contributed by atoms with Crippen molar-refractivity contribution in [2.75, 3.05) is 23.8 Å². The molecule has 0 bridgehead atoms. The maximum absolute atomic E-state index is 12.0. The van der Waals surface area contributed by atoms with E-state index >= 15 is 0 Å². The lowest BCUT2D eigenvalue weighted by Crippen LogP contribution is -2.30. The number of nitrogen functional groups attached to an aromatic ring is 1. The number of thioether (sulfide) groups is 1. The zero-order chi connectivity index (χ0) is 12.3. The van der Waals surface area contributed by atoms with Gasteiger partial charge in [0.15, 0.2) is 0 Å². The van der Waals surface area contributed by atoms with E-state index in [-0.39, 0.29) is 10.7 Å². The third kappa shape index (κ3) is 3.11. The van der Waals surface area contributed by atoms with Crippen molar-refractivity contribution >= 4 is 27.6 Å². The Balaban J connectivity index is 2.06. The molecule has 94 valence electrons. The van der Waals surface area contributed by atoms with E-state index < -0.39 is 10.0 Å². The van der Waals surface area contributed by atoms with Crippen LogP contribution in [0.5, 0.6) is 0 Å². The van der Waals surface area contributed by atoms with Crippen LogP contribution in [-0.2, 0) is 10.0 Å². The van der Waals surface area contributed by atoms with Crippen molar-refractivity contribution in [2.24, 2.45) is 5.92 Å². The molecule has 1 unspecified atom stereocenters. The second-order valence-corrected chi connectivity index (χ2v) is 6.85. The first-order valence-electron chi connectivity index (χ1n) is 5.37. The second kappa shape index (κ2) is 5.24. The summed E-state index contributed by atoms with van der Waals surface area (Å²) in [6.45, 7) is 0.476. The Hall–Kier alpha value is -0.790. The number of hydrogen-bond acceptors (Lipinski definition) is 5. The first-order chi connectivity index (χ1) is 8.09. The number of pyridine rings is 1. The van der Waals surface area contributed by atoms with Gasteiger partial charge in [0.2, 0.25) is 10.0 Å². The molecule has 0 aliphatic carbocycles. The quantitative estimate of drug-likeness (QED) is 0.843. The van der Waals surface area contributed by atoms with Gasteiger partial charge in [-0.05, 0) is 36.0 Å². The minimum Gasteiger partial charge on any atom is -0.383 e. The molecule has 1 aromatic heterocycles. The van der Waals surface area contributed by atoms with Gasteiger partial charge in [-0.2, -0.15) is 11.8 Å². The first-order valence-corrected chi connectivity index (χ1v) is 8.01. The summed E-state index contributed by atoms with van der Waals surface area (Å²) in [7, 11) is -3.53. The van der Waals surface area contributed by atoms with Crippen molar-refractivity contribution in [2.45, 2.75) is 11.3 Å². The van der Waals surface area contributed by atoms with Crippen LogP contribution < -0.4 is 10.5 Å². The number of hydrogen-bond donors (Lipinski definition) is 2. The van der Waals surface area contributed by atoms with E-state index in [4.69, 9.17) is 5.73 Å². The zero-order valence-electron chi connectivity index (χ0n) is 9.30. The summed E-state index contributed by atoms with van der Waals surface area (Å²) in [4.78, 5) is 3.84. The number of nitrogens with one attached hydrogen (secondary N) is 1. The highest BCUT2D eigenvalue weighted by molar-refractivity contribution is 7.99. The minimum absolute atomic E-state index is 0.0424. The predicted octanol–water partition coefficient (Wildman–Crippen LogP) is 0.695. The maximum atomic E-state index is 12.0.